The molecule has 76 valence electrons. The van der Waals surface area contributed by atoms with Gasteiger partial charge in [0.25, 0.3) is 0 Å². The number of halogens is 1. The van der Waals surface area contributed by atoms with Gasteiger partial charge >= 0.3 is 0 Å². The van der Waals surface area contributed by atoms with E-state index in [9.17, 15) is 0 Å². The number of aromatic nitrogens is 1. The average molecular weight is 219 g/mol. The minimum atomic E-state index is 0.539. The Balaban J connectivity index is 2.63. The Hall–Kier alpha value is -1.54. The van der Waals surface area contributed by atoms with Gasteiger partial charge in [-0.15, -0.1) is 0 Å². The van der Waals surface area contributed by atoms with Crippen molar-refractivity contribution in [3.8, 4) is 11.1 Å². The summed E-state index contributed by atoms with van der Waals surface area (Å²) in [6, 6.07) is 9.55. The van der Waals surface area contributed by atoms with Gasteiger partial charge in [0.2, 0.25) is 0 Å². The molecule has 1 heterocycles. The fourth-order valence-electron chi connectivity index (χ4n) is 1.60. The summed E-state index contributed by atoms with van der Waals surface area (Å²) in [5.41, 5.74) is 8.91. The molecule has 0 unspecified atom stereocenters. The molecule has 0 fully saturated rings. The van der Waals surface area contributed by atoms with Crippen LogP contribution < -0.4 is 5.73 Å². The number of nitrogens with zero attached hydrogens (tertiary/aromatic N) is 1. The van der Waals surface area contributed by atoms with E-state index >= 15 is 0 Å². The maximum atomic E-state index is 5.94. The van der Waals surface area contributed by atoms with Crippen LogP contribution in [0.25, 0.3) is 11.1 Å². The third-order valence-electron chi connectivity index (χ3n) is 2.30. The highest BCUT2D eigenvalue weighted by molar-refractivity contribution is 6.30. The van der Waals surface area contributed by atoms with Gasteiger partial charge in [0.1, 0.15) is 5.82 Å². The second-order valence-electron chi connectivity index (χ2n) is 3.40. The molecule has 2 aromatic rings. The highest BCUT2D eigenvalue weighted by Gasteiger charge is 2.06. The first-order chi connectivity index (χ1) is 7.18. The normalized spacial score (nSPS) is 10.3. The van der Waals surface area contributed by atoms with Crippen LogP contribution in [0.5, 0.6) is 0 Å². The predicted molar refractivity (Wildman–Crippen MR) is 63.8 cm³/mol. The monoisotopic (exact) mass is 218 g/mol. The van der Waals surface area contributed by atoms with Crippen LogP contribution in [0.1, 0.15) is 5.56 Å². The molecule has 0 radical (unpaired) electrons. The summed E-state index contributed by atoms with van der Waals surface area (Å²) < 4.78 is 0. The topological polar surface area (TPSA) is 38.9 Å². The summed E-state index contributed by atoms with van der Waals surface area (Å²) in [5.74, 6) is 0.539. The van der Waals surface area contributed by atoms with Gasteiger partial charge in [-0.25, -0.2) is 4.98 Å². The standard InChI is InChI=1S/C12H11ClN2/c1-8-5-6-15-12(14)11(8)9-3-2-4-10(13)7-9/h2-7H,1H3,(H2,14,15). The number of hydrogen-bond acceptors (Lipinski definition) is 2. The molecule has 0 aliphatic carbocycles. The van der Waals surface area contributed by atoms with Gasteiger partial charge in [0, 0.05) is 16.8 Å². The molecule has 1 aromatic carbocycles. The van der Waals surface area contributed by atoms with E-state index in [1.165, 1.54) is 0 Å². The summed E-state index contributed by atoms with van der Waals surface area (Å²) >= 11 is 5.94. The third-order valence-corrected chi connectivity index (χ3v) is 2.54. The number of pyridine rings is 1. The first-order valence-corrected chi connectivity index (χ1v) is 5.03. The lowest BCUT2D eigenvalue weighted by Gasteiger charge is -2.08. The van der Waals surface area contributed by atoms with Crippen LogP contribution in [0.4, 0.5) is 5.82 Å². The van der Waals surface area contributed by atoms with Crippen LogP contribution in [0.2, 0.25) is 5.02 Å². The zero-order chi connectivity index (χ0) is 10.8. The molecule has 0 spiro atoms. The fourth-order valence-corrected chi connectivity index (χ4v) is 1.79. The van der Waals surface area contributed by atoms with Crippen LogP contribution in [0.3, 0.4) is 0 Å². The highest BCUT2D eigenvalue weighted by atomic mass is 35.5. The minimum Gasteiger partial charge on any atom is -0.383 e. The van der Waals surface area contributed by atoms with Crippen molar-refractivity contribution >= 4 is 17.4 Å². The Morgan fingerprint density at radius 3 is 2.73 bits per heavy atom. The van der Waals surface area contributed by atoms with E-state index in [-0.39, 0.29) is 0 Å². The highest BCUT2D eigenvalue weighted by Crippen LogP contribution is 2.29. The molecule has 0 bridgehead atoms. The van der Waals surface area contributed by atoms with Crippen molar-refractivity contribution in [3.63, 3.8) is 0 Å². The van der Waals surface area contributed by atoms with Gasteiger partial charge in [-0.1, -0.05) is 23.7 Å². The lowest BCUT2D eigenvalue weighted by Crippen LogP contribution is -1.95. The summed E-state index contributed by atoms with van der Waals surface area (Å²) in [5, 5.41) is 0.704. The summed E-state index contributed by atoms with van der Waals surface area (Å²) in [6.07, 6.45) is 1.71. The molecule has 0 saturated carbocycles. The number of hydrogen-bond donors (Lipinski definition) is 1. The second kappa shape index (κ2) is 3.91. The summed E-state index contributed by atoms with van der Waals surface area (Å²) in [4.78, 5) is 4.08. The van der Waals surface area contributed by atoms with Gasteiger partial charge in [0.15, 0.2) is 0 Å². The van der Waals surface area contributed by atoms with Gasteiger partial charge < -0.3 is 5.73 Å². The van der Waals surface area contributed by atoms with E-state index in [4.69, 9.17) is 17.3 Å². The van der Waals surface area contributed by atoms with E-state index in [1.807, 2.05) is 37.3 Å². The molecular weight excluding hydrogens is 208 g/mol. The Morgan fingerprint density at radius 1 is 1.27 bits per heavy atom. The Bertz CT molecular complexity index is 474. The number of anilines is 1. The van der Waals surface area contributed by atoms with E-state index < -0.39 is 0 Å². The van der Waals surface area contributed by atoms with Crippen molar-refractivity contribution in [2.45, 2.75) is 6.92 Å². The van der Waals surface area contributed by atoms with E-state index in [2.05, 4.69) is 4.98 Å². The Kier molecular flexibility index (Phi) is 2.60. The Morgan fingerprint density at radius 2 is 2.07 bits per heavy atom. The van der Waals surface area contributed by atoms with E-state index in [0.29, 0.717) is 10.8 Å². The maximum absolute atomic E-state index is 5.94. The Labute approximate surface area is 93.7 Å². The molecule has 0 saturated heterocycles. The zero-order valence-electron chi connectivity index (χ0n) is 8.37. The SMILES string of the molecule is Cc1ccnc(N)c1-c1cccc(Cl)c1. The molecule has 0 aliphatic rings. The van der Waals surface area contributed by atoms with Gasteiger partial charge in [-0.05, 0) is 36.2 Å². The fraction of sp³-hybridized carbons (Fsp3) is 0.0833. The van der Waals surface area contributed by atoms with Crippen molar-refractivity contribution in [2.75, 3.05) is 5.73 Å². The molecule has 0 atom stereocenters. The largest absolute Gasteiger partial charge is 0.383 e. The molecular formula is C12H11ClN2. The summed E-state index contributed by atoms with van der Waals surface area (Å²) in [6.45, 7) is 2.01. The smallest absolute Gasteiger partial charge is 0.131 e. The first kappa shape index (κ1) is 9.99. The van der Waals surface area contributed by atoms with E-state index in [0.717, 1.165) is 16.7 Å². The number of benzene rings is 1. The van der Waals surface area contributed by atoms with Crippen molar-refractivity contribution in [1.82, 2.24) is 4.98 Å². The second-order valence-corrected chi connectivity index (χ2v) is 3.83. The number of nitrogens with two attached hydrogens (primary N) is 1. The van der Waals surface area contributed by atoms with Crippen LogP contribution in [0, 0.1) is 6.92 Å². The summed E-state index contributed by atoms with van der Waals surface area (Å²) in [7, 11) is 0. The van der Waals surface area contributed by atoms with Gasteiger partial charge in [0.05, 0.1) is 0 Å². The number of aryl methyl sites for hydroxylation is 1. The third kappa shape index (κ3) is 1.95. The molecule has 3 heteroatoms. The molecule has 15 heavy (non-hydrogen) atoms. The molecule has 1 aromatic heterocycles. The van der Waals surface area contributed by atoms with Crippen LogP contribution in [0.15, 0.2) is 36.5 Å². The lowest BCUT2D eigenvalue weighted by atomic mass is 10.0. The van der Waals surface area contributed by atoms with Crippen molar-refractivity contribution in [2.24, 2.45) is 0 Å². The van der Waals surface area contributed by atoms with Crippen molar-refractivity contribution < 1.29 is 0 Å². The van der Waals surface area contributed by atoms with Crippen LogP contribution in [-0.4, -0.2) is 4.98 Å². The predicted octanol–water partition coefficient (Wildman–Crippen LogP) is 3.29. The van der Waals surface area contributed by atoms with Crippen LogP contribution in [-0.2, 0) is 0 Å². The first-order valence-electron chi connectivity index (χ1n) is 4.65. The van der Waals surface area contributed by atoms with Gasteiger partial charge in [-0.2, -0.15) is 0 Å². The van der Waals surface area contributed by atoms with Crippen molar-refractivity contribution in [1.29, 1.82) is 0 Å². The molecule has 2 rings (SSSR count). The molecule has 0 aliphatic heterocycles. The average Bonchev–Trinajstić information content (AvgIpc) is 2.17. The lowest BCUT2D eigenvalue weighted by molar-refractivity contribution is 1.29. The van der Waals surface area contributed by atoms with Crippen molar-refractivity contribution in [3.05, 3.63) is 47.1 Å². The molecule has 2 nitrogen and oxygen atoms in total. The number of rotatable bonds is 1. The maximum Gasteiger partial charge on any atom is 0.131 e. The zero-order valence-corrected chi connectivity index (χ0v) is 9.12. The molecule has 2 N–H and O–H groups in total. The molecule has 0 amide bonds. The minimum absolute atomic E-state index is 0.539. The number of nitrogen functional groups attached to an aromatic ring is 1. The van der Waals surface area contributed by atoms with E-state index in [1.54, 1.807) is 6.20 Å². The quantitative estimate of drug-likeness (QED) is 0.798. The van der Waals surface area contributed by atoms with Gasteiger partial charge in [-0.3, -0.25) is 0 Å². The van der Waals surface area contributed by atoms with Crippen LogP contribution >= 0.6 is 11.6 Å².